The van der Waals surface area contributed by atoms with Crippen molar-refractivity contribution in [1.82, 2.24) is 10.2 Å². The second-order valence-corrected chi connectivity index (χ2v) is 5.42. The van der Waals surface area contributed by atoms with E-state index in [1.165, 1.54) is 0 Å². The molecule has 19 heavy (non-hydrogen) atoms. The molecule has 1 fully saturated rings. The molecule has 1 atom stereocenters. The molecule has 2 amide bonds. The standard InChI is InChI=1S/C14H26N2O3/c1-3-11(4-2)9-15-14(19)16-7-5-6-12(10-16)8-13(17)18/h11-12H,3-10H2,1-2H3,(H,15,19)(H,17,18). The van der Waals surface area contributed by atoms with Gasteiger partial charge in [-0.2, -0.15) is 0 Å². The molecule has 1 heterocycles. The van der Waals surface area contributed by atoms with Crippen molar-refractivity contribution in [2.75, 3.05) is 19.6 Å². The number of nitrogens with one attached hydrogen (secondary N) is 1. The highest BCUT2D eigenvalue weighted by molar-refractivity contribution is 5.74. The molecule has 0 bridgehead atoms. The average Bonchev–Trinajstić information content (AvgIpc) is 2.39. The summed E-state index contributed by atoms with van der Waals surface area (Å²) in [6.07, 6.45) is 4.10. The number of hydrogen-bond acceptors (Lipinski definition) is 2. The van der Waals surface area contributed by atoms with Crippen molar-refractivity contribution in [2.45, 2.75) is 46.0 Å². The number of nitrogens with zero attached hydrogens (tertiary/aromatic N) is 1. The lowest BCUT2D eigenvalue weighted by atomic mass is 9.95. The minimum Gasteiger partial charge on any atom is -0.481 e. The number of carbonyl (C=O) groups is 2. The Morgan fingerprint density at radius 1 is 1.37 bits per heavy atom. The lowest BCUT2D eigenvalue weighted by molar-refractivity contribution is -0.138. The number of aliphatic carboxylic acids is 1. The SMILES string of the molecule is CCC(CC)CNC(=O)N1CCCC(CC(=O)O)C1. The zero-order chi connectivity index (χ0) is 14.3. The van der Waals surface area contributed by atoms with E-state index >= 15 is 0 Å². The molecule has 1 aliphatic heterocycles. The summed E-state index contributed by atoms with van der Waals surface area (Å²) in [5.74, 6) is -0.141. The maximum atomic E-state index is 12.0. The average molecular weight is 270 g/mol. The van der Waals surface area contributed by atoms with Gasteiger partial charge in [-0.3, -0.25) is 4.79 Å². The maximum Gasteiger partial charge on any atom is 0.317 e. The van der Waals surface area contributed by atoms with E-state index in [9.17, 15) is 9.59 Å². The largest absolute Gasteiger partial charge is 0.481 e. The molecule has 1 rings (SSSR count). The number of carbonyl (C=O) groups excluding carboxylic acids is 1. The van der Waals surface area contributed by atoms with Gasteiger partial charge in [-0.25, -0.2) is 4.79 Å². The van der Waals surface area contributed by atoms with Crippen LogP contribution in [0.15, 0.2) is 0 Å². The zero-order valence-corrected chi connectivity index (χ0v) is 12.0. The second-order valence-electron chi connectivity index (χ2n) is 5.42. The summed E-state index contributed by atoms with van der Waals surface area (Å²) < 4.78 is 0. The summed E-state index contributed by atoms with van der Waals surface area (Å²) in [4.78, 5) is 24.5. The Balaban J connectivity index is 2.37. The first kappa shape index (κ1) is 15.8. The van der Waals surface area contributed by atoms with Crippen molar-refractivity contribution >= 4 is 12.0 Å². The number of carboxylic acid groups (broad SMARTS) is 1. The van der Waals surface area contributed by atoms with E-state index in [4.69, 9.17) is 5.11 Å². The molecule has 0 saturated carbocycles. The summed E-state index contributed by atoms with van der Waals surface area (Å²) in [5, 5.41) is 11.8. The van der Waals surface area contributed by atoms with Crippen LogP contribution in [0.1, 0.15) is 46.0 Å². The Kier molecular flexibility index (Phi) is 6.67. The van der Waals surface area contributed by atoms with Crippen molar-refractivity contribution in [3.63, 3.8) is 0 Å². The van der Waals surface area contributed by atoms with Gasteiger partial charge < -0.3 is 15.3 Å². The first-order chi connectivity index (χ1) is 9.06. The van der Waals surface area contributed by atoms with Crippen molar-refractivity contribution in [1.29, 1.82) is 0 Å². The van der Waals surface area contributed by atoms with Crippen molar-refractivity contribution in [2.24, 2.45) is 11.8 Å². The Bertz CT molecular complexity index is 303. The van der Waals surface area contributed by atoms with Crippen LogP contribution in [0.3, 0.4) is 0 Å². The highest BCUT2D eigenvalue weighted by Gasteiger charge is 2.25. The van der Waals surface area contributed by atoms with Crippen LogP contribution in [0.25, 0.3) is 0 Å². The van der Waals surface area contributed by atoms with E-state index in [1.807, 2.05) is 0 Å². The minimum atomic E-state index is -0.774. The van der Waals surface area contributed by atoms with Gasteiger partial charge in [-0.1, -0.05) is 26.7 Å². The molecule has 0 aromatic rings. The van der Waals surface area contributed by atoms with E-state index in [2.05, 4.69) is 19.2 Å². The number of rotatable bonds is 6. The first-order valence-corrected chi connectivity index (χ1v) is 7.31. The van der Waals surface area contributed by atoms with E-state index < -0.39 is 5.97 Å². The van der Waals surface area contributed by atoms with Gasteiger partial charge in [0.25, 0.3) is 0 Å². The van der Waals surface area contributed by atoms with Gasteiger partial charge in [0.2, 0.25) is 0 Å². The fraction of sp³-hybridized carbons (Fsp3) is 0.857. The van der Waals surface area contributed by atoms with Crippen LogP contribution in [-0.4, -0.2) is 41.6 Å². The zero-order valence-electron chi connectivity index (χ0n) is 12.0. The highest BCUT2D eigenvalue weighted by Crippen LogP contribution is 2.19. The highest BCUT2D eigenvalue weighted by atomic mass is 16.4. The molecule has 1 unspecified atom stereocenters. The molecule has 5 heteroatoms. The molecule has 110 valence electrons. The summed E-state index contributed by atoms with van der Waals surface area (Å²) in [7, 11) is 0. The number of urea groups is 1. The number of piperidine rings is 1. The Hall–Kier alpha value is -1.26. The van der Waals surface area contributed by atoms with Crippen LogP contribution < -0.4 is 5.32 Å². The van der Waals surface area contributed by atoms with E-state index in [-0.39, 0.29) is 18.4 Å². The molecular weight excluding hydrogens is 244 g/mol. The molecule has 0 aromatic carbocycles. The molecule has 2 N–H and O–H groups in total. The fourth-order valence-electron chi connectivity index (χ4n) is 2.58. The van der Waals surface area contributed by atoms with Crippen LogP contribution in [0, 0.1) is 11.8 Å². The Morgan fingerprint density at radius 2 is 2.05 bits per heavy atom. The monoisotopic (exact) mass is 270 g/mol. The van der Waals surface area contributed by atoms with Gasteiger partial charge >= 0.3 is 12.0 Å². The lowest BCUT2D eigenvalue weighted by Crippen LogP contribution is -2.46. The Labute approximate surface area is 115 Å². The predicted molar refractivity (Wildman–Crippen MR) is 74.0 cm³/mol. The summed E-state index contributed by atoms with van der Waals surface area (Å²) >= 11 is 0. The van der Waals surface area contributed by atoms with Gasteiger partial charge in [-0.05, 0) is 24.7 Å². The fourth-order valence-corrected chi connectivity index (χ4v) is 2.58. The van der Waals surface area contributed by atoms with E-state index in [1.54, 1.807) is 4.90 Å². The smallest absolute Gasteiger partial charge is 0.317 e. The van der Waals surface area contributed by atoms with Crippen molar-refractivity contribution in [3.8, 4) is 0 Å². The topological polar surface area (TPSA) is 69.6 Å². The first-order valence-electron chi connectivity index (χ1n) is 7.31. The maximum absolute atomic E-state index is 12.0. The molecule has 0 radical (unpaired) electrons. The quantitative estimate of drug-likeness (QED) is 0.778. The Morgan fingerprint density at radius 3 is 2.63 bits per heavy atom. The van der Waals surface area contributed by atoms with Gasteiger partial charge in [0.05, 0.1) is 0 Å². The molecule has 1 saturated heterocycles. The molecule has 5 nitrogen and oxygen atoms in total. The van der Waals surface area contributed by atoms with E-state index in [0.29, 0.717) is 19.0 Å². The van der Waals surface area contributed by atoms with Crippen LogP contribution in [-0.2, 0) is 4.79 Å². The van der Waals surface area contributed by atoms with Crippen molar-refractivity contribution in [3.05, 3.63) is 0 Å². The molecule has 1 aliphatic rings. The third-order valence-corrected chi connectivity index (χ3v) is 3.97. The minimum absolute atomic E-state index is 0.0398. The number of likely N-dealkylation sites (tertiary alicyclic amines) is 1. The second kappa shape index (κ2) is 8.02. The van der Waals surface area contributed by atoms with E-state index in [0.717, 1.165) is 32.2 Å². The molecule has 0 aromatic heterocycles. The molecular formula is C14H26N2O3. The van der Waals surface area contributed by atoms with Crippen LogP contribution in [0.2, 0.25) is 0 Å². The number of hydrogen-bond donors (Lipinski definition) is 2. The van der Waals surface area contributed by atoms with Crippen LogP contribution in [0.5, 0.6) is 0 Å². The molecule has 0 aliphatic carbocycles. The van der Waals surface area contributed by atoms with Crippen molar-refractivity contribution < 1.29 is 14.7 Å². The van der Waals surface area contributed by atoms with Gasteiger partial charge in [0.15, 0.2) is 0 Å². The summed E-state index contributed by atoms with van der Waals surface area (Å²) in [6.45, 7) is 6.28. The summed E-state index contributed by atoms with van der Waals surface area (Å²) in [5.41, 5.74) is 0. The number of carboxylic acids is 1. The van der Waals surface area contributed by atoms with Crippen LogP contribution >= 0.6 is 0 Å². The molecule has 0 spiro atoms. The number of amides is 2. The third kappa shape index (κ3) is 5.49. The van der Waals surface area contributed by atoms with Crippen LogP contribution in [0.4, 0.5) is 4.79 Å². The predicted octanol–water partition coefficient (Wildman–Crippen LogP) is 2.32. The lowest BCUT2D eigenvalue weighted by Gasteiger charge is -2.32. The van der Waals surface area contributed by atoms with Gasteiger partial charge in [0, 0.05) is 26.1 Å². The third-order valence-electron chi connectivity index (χ3n) is 3.97. The van der Waals surface area contributed by atoms with Gasteiger partial charge in [0.1, 0.15) is 0 Å². The van der Waals surface area contributed by atoms with Gasteiger partial charge in [-0.15, -0.1) is 0 Å². The normalized spacial score (nSPS) is 19.5. The summed E-state index contributed by atoms with van der Waals surface area (Å²) in [6, 6.07) is -0.0398.